The van der Waals surface area contributed by atoms with Crippen LogP contribution in [0, 0.1) is 0 Å². The largest absolute Gasteiger partial charge is 0.455 e. The van der Waals surface area contributed by atoms with E-state index in [-0.39, 0.29) is 11.4 Å². The molecule has 3 N–H and O–H groups in total. The van der Waals surface area contributed by atoms with Gasteiger partial charge in [0.25, 0.3) is 5.91 Å². The van der Waals surface area contributed by atoms with Crippen molar-refractivity contribution in [1.82, 2.24) is 5.32 Å². The highest BCUT2D eigenvalue weighted by Crippen LogP contribution is 2.13. The van der Waals surface area contributed by atoms with Crippen LogP contribution in [0.1, 0.15) is 49.9 Å². The standard InChI is InChI=1S/C12H20N2O2/c1-4-7-12(2,3)14-11(15)10-6-5-9(8-13)16-10/h5-6H,4,7-8,13H2,1-3H3,(H,14,15). The van der Waals surface area contributed by atoms with E-state index in [1.807, 2.05) is 13.8 Å². The first kappa shape index (κ1) is 12.8. The molecule has 0 aliphatic carbocycles. The van der Waals surface area contributed by atoms with E-state index in [0.29, 0.717) is 18.1 Å². The van der Waals surface area contributed by atoms with Gasteiger partial charge in [0.1, 0.15) is 5.76 Å². The summed E-state index contributed by atoms with van der Waals surface area (Å²) in [7, 11) is 0. The molecular weight excluding hydrogens is 204 g/mol. The van der Waals surface area contributed by atoms with Crippen LogP contribution in [-0.4, -0.2) is 11.4 Å². The van der Waals surface area contributed by atoms with Crippen molar-refractivity contribution in [3.05, 3.63) is 23.7 Å². The molecule has 16 heavy (non-hydrogen) atoms. The third kappa shape index (κ3) is 3.38. The number of carbonyl (C=O) groups excluding carboxylic acids is 1. The fraction of sp³-hybridized carbons (Fsp3) is 0.583. The van der Waals surface area contributed by atoms with Crippen molar-refractivity contribution in [2.24, 2.45) is 5.73 Å². The lowest BCUT2D eigenvalue weighted by Gasteiger charge is -2.25. The van der Waals surface area contributed by atoms with Crippen LogP contribution in [-0.2, 0) is 6.54 Å². The number of rotatable bonds is 5. The average Bonchev–Trinajstić information content (AvgIpc) is 2.64. The molecule has 0 atom stereocenters. The Morgan fingerprint density at radius 3 is 2.69 bits per heavy atom. The molecular formula is C12H20N2O2. The minimum atomic E-state index is -0.207. The van der Waals surface area contributed by atoms with E-state index in [1.165, 1.54) is 0 Å². The second kappa shape index (κ2) is 5.16. The van der Waals surface area contributed by atoms with Crippen molar-refractivity contribution in [2.45, 2.75) is 45.7 Å². The number of carbonyl (C=O) groups is 1. The van der Waals surface area contributed by atoms with E-state index >= 15 is 0 Å². The van der Waals surface area contributed by atoms with E-state index in [0.717, 1.165) is 12.8 Å². The first-order valence-corrected chi connectivity index (χ1v) is 5.60. The topological polar surface area (TPSA) is 68.3 Å². The summed E-state index contributed by atoms with van der Waals surface area (Å²) >= 11 is 0. The highest BCUT2D eigenvalue weighted by Gasteiger charge is 2.21. The number of furan rings is 1. The Bertz CT molecular complexity index is 356. The number of hydrogen-bond acceptors (Lipinski definition) is 3. The molecule has 0 aliphatic rings. The summed E-state index contributed by atoms with van der Waals surface area (Å²) in [4.78, 5) is 11.8. The Hall–Kier alpha value is -1.29. The first-order valence-electron chi connectivity index (χ1n) is 5.60. The van der Waals surface area contributed by atoms with Gasteiger partial charge >= 0.3 is 0 Å². The molecule has 4 nitrogen and oxygen atoms in total. The summed E-state index contributed by atoms with van der Waals surface area (Å²) in [6, 6.07) is 3.38. The van der Waals surface area contributed by atoms with Crippen molar-refractivity contribution in [3.8, 4) is 0 Å². The Labute approximate surface area is 96.2 Å². The molecule has 0 spiro atoms. The molecule has 0 unspecified atom stereocenters. The van der Waals surface area contributed by atoms with Crippen LogP contribution in [0.4, 0.5) is 0 Å². The van der Waals surface area contributed by atoms with Crippen LogP contribution in [0.3, 0.4) is 0 Å². The van der Waals surface area contributed by atoms with E-state index in [2.05, 4.69) is 12.2 Å². The van der Waals surface area contributed by atoms with Crippen LogP contribution in [0.5, 0.6) is 0 Å². The van der Waals surface area contributed by atoms with E-state index in [9.17, 15) is 4.79 Å². The average molecular weight is 224 g/mol. The zero-order chi connectivity index (χ0) is 12.2. The molecule has 1 heterocycles. The fourth-order valence-electron chi connectivity index (χ4n) is 1.67. The van der Waals surface area contributed by atoms with E-state index < -0.39 is 0 Å². The van der Waals surface area contributed by atoms with Gasteiger partial charge in [0.15, 0.2) is 5.76 Å². The molecule has 0 saturated heterocycles. The number of amides is 1. The van der Waals surface area contributed by atoms with Crippen LogP contribution in [0.15, 0.2) is 16.5 Å². The highest BCUT2D eigenvalue weighted by molar-refractivity contribution is 5.91. The fourth-order valence-corrected chi connectivity index (χ4v) is 1.67. The summed E-state index contributed by atoms with van der Waals surface area (Å²) in [5.41, 5.74) is 5.21. The Kier molecular flexibility index (Phi) is 4.12. The van der Waals surface area contributed by atoms with Gasteiger partial charge in [-0.3, -0.25) is 4.79 Å². The summed E-state index contributed by atoms with van der Waals surface area (Å²) in [6.07, 6.45) is 1.96. The molecule has 0 fully saturated rings. The number of nitrogens with two attached hydrogens (primary N) is 1. The lowest BCUT2D eigenvalue weighted by atomic mass is 9.99. The lowest BCUT2D eigenvalue weighted by molar-refractivity contribution is 0.0878. The lowest BCUT2D eigenvalue weighted by Crippen LogP contribution is -2.43. The van der Waals surface area contributed by atoms with Crippen molar-refractivity contribution in [2.75, 3.05) is 0 Å². The Morgan fingerprint density at radius 1 is 1.50 bits per heavy atom. The third-order valence-corrected chi connectivity index (χ3v) is 2.41. The van der Waals surface area contributed by atoms with Crippen LogP contribution >= 0.6 is 0 Å². The second-order valence-electron chi connectivity index (χ2n) is 4.56. The predicted molar refractivity (Wildman–Crippen MR) is 63.1 cm³/mol. The molecule has 0 aromatic carbocycles. The summed E-state index contributed by atoms with van der Waals surface area (Å²) in [5.74, 6) is 0.765. The van der Waals surface area contributed by atoms with Gasteiger partial charge in [0.05, 0.1) is 6.54 Å². The van der Waals surface area contributed by atoms with Gasteiger partial charge in [-0.05, 0) is 32.4 Å². The highest BCUT2D eigenvalue weighted by atomic mass is 16.4. The molecule has 1 aromatic heterocycles. The van der Waals surface area contributed by atoms with Crippen molar-refractivity contribution in [1.29, 1.82) is 0 Å². The smallest absolute Gasteiger partial charge is 0.287 e. The van der Waals surface area contributed by atoms with Gasteiger partial charge in [-0.15, -0.1) is 0 Å². The number of hydrogen-bond donors (Lipinski definition) is 2. The van der Waals surface area contributed by atoms with E-state index in [4.69, 9.17) is 10.2 Å². The second-order valence-corrected chi connectivity index (χ2v) is 4.56. The minimum absolute atomic E-state index is 0.182. The predicted octanol–water partition coefficient (Wildman–Crippen LogP) is 2.05. The molecule has 1 amide bonds. The molecule has 0 aliphatic heterocycles. The molecule has 1 aromatic rings. The maximum absolute atomic E-state index is 11.8. The summed E-state index contributed by atoms with van der Waals surface area (Å²) in [6.45, 7) is 6.40. The molecule has 90 valence electrons. The maximum Gasteiger partial charge on any atom is 0.287 e. The van der Waals surface area contributed by atoms with Gasteiger partial charge < -0.3 is 15.5 Å². The Morgan fingerprint density at radius 2 is 2.19 bits per heavy atom. The normalized spacial score (nSPS) is 11.5. The van der Waals surface area contributed by atoms with Crippen LogP contribution in [0.25, 0.3) is 0 Å². The Balaban J connectivity index is 2.65. The van der Waals surface area contributed by atoms with Crippen LogP contribution in [0.2, 0.25) is 0 Å². The zero-order valence-electron chi connectivity index (χ0n) is 10.2. The SMILES string of the molecule is CCCC(C)(C)NC(=O)c1ccc(CN)o1. The third-order valence-electron chi connectivity index (χ3n) is 2.41. The van der Waals surface area contributed by atoms with Gasteiger partial charge in [-0.25, -0.2) is 0 Å². The summed E-state index contributed by atoms with van der Waals surface area (Å²) in [5, 5.41) is 2.94. The maximum atomic E-state index is 11.8. The van der Waals surface area contributed by atoms with Crippen molar-refractivity contribution >= 4 is 5.91 Å². The molecule has 0 bridgehead atoms. The monoisotopic (exact) mass is 224 g/mol. The number of nitrogens with one attached hydrogen (secondary N) is 1. The summed E-state index contributed by atoms with van der Waals surface area (Å²) < 4.78 is 5.28. The molecule has 0 saturated carbocycles. The quantitative estimate of drug-likeness (QED) is 0.804. The van der Waals surface area contributed by atoms with Gasteiger partial charge in [0, 0.05) is 5.54 Å². The zero-order valence-corrected chi connectivity index (χ0v) is 10.2. The van der Waals surface area contributed by atoms with Crippen molar-refractivity contribution in [3.63, 3.8) is 0 Å². The van der Waals surface area contributed by atoms with Crippen LogP contribution < -0.4 is 11.1 Å². The molecule has 1 rings (SSSR count). The first-order chi connectivity index (χ1) is 7.48. The van der Waals surface area contributed by atoms with E-state index in [1.54, 1.807) is 12.1 Å². The van der Waals surface area contributed by atoms with Gasteiger partial charge in [-0.2, -0.15) is 0 Å². The minimum Gasteiger partial charge on any atom is -0.455 e. The molecule has 4 heteroatoms. The van der Waals surface area contributed by atoms with Crippen molar-refractivity contribution < 1.29 is 9.21 Å². The van der Waals surface area contributed by atoms with Gasteiger partial charge in [-0.1, -0.05) is 13.3 Å². The van der Waals surface area contributed by atoms with Gasteiger partial charge in [0.2, 0.25) is 0 Å². The molecule has 0 radical (unpaired) electrons.